The van der Waals surface area contributed by atoms with Gasteiger partial charge in [-0.3, -0.25) is 4.90 Å². The predicted molar refractivity (Wildman–Crippen MR) is 105 cm³/mol. The van der Waals surface area contributed by atoms with Crippen molar-refractivity contribution in [1.82, 2.24) is 19.8 Å². The van der Waals surface area contributed by atoms with Gasteiger partial charge in [-0.05, 0) is 26.1 Å². The van der Waals surface area contributed by atoms with E-state index in [0.29, 0.717) is 5.56 Å². The third-order valence-electron chi connectivity index (χ3n) is 5.50. The molecule has 2 atom stereocenters. The van der Waals surface area contributed by atoms with Crippen LogP contribution in [0.25, 0.3) is 10.9 Å². The summed E-state index contributed by atoms with van der Waals surface area (Å²) in [6, 6.07) is 6.12. The van der Waals surface area contributed by atoms with Crippen molar-refractivity contribution in [3.8, 4) is 6.07 Å². The summed E-state index contributed by atoms with van der Waals surface area (Å²) in [5, 5.41) is 10.3. The molecule has 3 heterocycles. The molecule has 2 saturated heterocycles. The highest BCUT2D eigenvalue weighted by Gasteiger charge is 2.29. The van der Waals surface area contributed by atoms with Crippen LogP contribution in [0.3, 0.4) is 0 Å². The monoisotopic (exact) mass is 366 g/mol. The fourth-order valence-electron chi connectivity index (χ4n) is 4.09. The van der Waals surface area contributed by atoms with Crippen LogP contribution in [0.1, 0.15) is 12.5 Å². The number of aromatic nitrogens is 2. The highest BCUT2D eigenvalue weighted by atomic mass is 16.5. The maximum Gasteiger partial charge on any atom is 0.116 e. The van der Waals surface area contributed by atoms with Gasteiger partial charge in [-0.25, -0.2) is 9.97 Å². The number of benzene rings is 1. The number of hydrogen-bond donors (Lipinski definition) is 0. The second-order valence-electron chi connectivity index (χ2n) is 7.61. The number of piperazine rings is 1. The molecule has 4 rings (SSSR count). The van der Waals surface area contributed by atoms with Gasteiger partial charge in [-0.1, -0.05) is 0 Å². The second-order valence-corrected chi connectivity index (χ2v) is 7.61. The summed E-state index contributed by atoms with van der Waals surface area (Å²) in [6.45, 7) is 9.18. The van der Waals surface area contributed by atoms with Gasteiger partial charge < -0.3 is 14.5 Å². The Bertz CT molecular complexity index is 842. The Morgan fingerprint density at radius 1 is 1.22 bits per heavy atom. The van der Waals surface area contributed by atoms with Crippen LogP contribution in [-0.4, -0.2) is 84.8 Å². The van der Waals surface area contributed by atoms with Crippen molar-refractivity contribution in [1.29, 1.82) is 5.26 Å². The van der Waals surface area contributed by atoms with E-state index in [0.717, 1.165) is 62.4 Å². The van der Waals surface area contributed by atoms with Crippen LogP contribution in [0.15, 0.2) is 24.7 Å². The molecule has 27 heavy (non-hydrogen) atoms. The van der Waals surface area contributed by atoms with Gasteiger partial charge in [0, 0.05) is 63.1 Å². The van der Waals surface area contributed by atoms with E-state index in [4.69, 9.17) is 4.74 Å². The quantitative estimate of drug-likeness (QED) is 0.812. The summed E-state index contributed by atoms with van der Waals surface area (Å²) in [6.07, 6.45) is 3.65. The van der Waals surface area contributed by atoms with Gasteiger partial charge >= 0.3 is 0 Å². The Morgan fingerprint density at radius 3 is 2.81 bits per heavy atom. The van der Waals surface area contributed by atoms with Crippen LogP contribution in [0.4, 0.5) is 5.69 Å². The van der Waals surface area contributed by atoms with Crippen LogP contribution in [0.2, 0.25) is 0 Å². The lowest BCUT2D eigenvalue weighted by Gasteiger charge is -2.41. The van der Waals surface area contributed by atoms with Crippen molar-refractivity contribution in [3.63, 3.8) is 0 Å². The third kappa shape index (κ3) is 3.88. The average molecular weight is 366 g/mol. The first-order chi connectivity index (χ1) is 13.1. The van der Waals surface area contributed by atoms with Crippen molar-refractivity contribution in [3.05, 3.63) is 30.2 Å². The number of rotatable bonds is 3. The maximum atomic E-state index is 9.37. The summed E-state index contributed by atoms with van der Waals surface area (Å²) in [5.74, 6) is 0. The fraction of sp³-hybridized carbons (Fsp3) is 0.550. The lowest BCUT2D eigenvalue weighted by atomic mass is 10.1. The highest BCUT2D eigenvalue weighted by molar-refractivity contribution is 5.94. The van der Waals surface area contributed by atoms with Crippen LogP contribution in [-0.2, 0) is 4.74 Å². The van der Waals surface area contributed by atoms with Crippen molar-refractivity contribution in [2.75, 3.05) is 57.8 Å². The molecule has 0 aliphatic carbocycles. The van der Waals surface area contributed by atoms with Crippen molar-refractivity contribution in [2.45, 2.75) is 19.1 Å². The summed E-state index contributed by atoms with van der Waals surface area (Å²) in [7, 11) is 2.18. The van der Waals surface area contributed by atoms with E-state index in [-0.39, 0.29) is 12.2 Å². The van der Waals surface area contributed by atoms with E-state index in [1.165, 1.54) is 6.33 Å². The fourth-order valence-corrected chi connectivity index (χ4v) is 4.09. The molecule has 2 aliphatic heterocycles. The molecule has 7 heteroatoms. The first kappa shape index (κ1) is 18.1. The first-order valence-corrected chi connectivity index (χ1v) is 9.58. The van der Waals surface area contributed by atoms with Crippen LogP contribution < -0.4 is 4.90 Å². The molecule has 1 aromatic heterocycles. The van der Waals surface area contributed by atoms with Gasteiger partial charge in [-0.2, -0.15) is 5.26 Å². The molecule has 142 valence electrons. The molecule has 1 aromatic carbocycles. The number of likely N-dealkylation sites (N-methyl/N-ethyl adjacent to an activating group) is 1. The standard InChI is InChI=1S/C20H26N6O/c1-15-11-26(13-17(27-15)12-25-7-5-24(2)6-8-25)19-4-3-16(9-21)20-18(19)10-22-14-23-20/h3-4,10,14-15,17H,5-8,11-13H2,1-2H3. The molecule has 2 aliphatic rings. The summed E-state index contributed by atoms with van der Waals surface area (Å²) < 4.78 is 6.24. The van der Waals surface area contributed by atoms with Crippen molar-refractivity contribution in [2.24, 2.45) is 0 Å². The summed E-state index contributed by atoms with van der Waals surface area (Å²) in [5.41, 5.74) is 2.40. The number of morpholine rings is 1. The minimum absolute atomic E-state index is 0.159. The minimum Gasteiger partial charge on any atom is -0.370 e. The van der Waals surface area contributed by atoms with Crippen LogP contribution >= 0.6 is 0 Å². The Balaban J connectivity index is 1.55. The Hall–Kier alpha value is -2.27. The van der Waals surface area contributed by atoms with E-state index in [9.17, 15) is 5.26 Å². The van der Waals surface area contributed by atoms with E-state index < -0.39 is 0 Å². The van der Waals surface area contributed by atoms with Gasteiger partial charge in [0.15, 0.2) is 0 Å². The first-order valence-electron chi connectivity index (χ1n) is 9.58. The molecule has 7 nitrogen and oxygen atoms in total. The molecule has 0 amide bonds. The van der Waals surface area contributed by atoms with Crippen LogP contribution in [0.5, 0.6) is 0 Å². The van der Waals surface area contributed by atoms with Gasteiger partial charge in [0.1, 0.15) is 12.4 Å². The number of ether oxygens (including phenoxy) is 1. The summed E-state index contributed by atoms with van der Waals surface area (Å²) in [4.78, 5) is 15.8. The van der Waals surface area contributed by atoms with E-state index in [1.807, 2.05) is 18.3 Å². The summed E-state index contributed by atoms with van der Waals surface area (Å²) >= 11 is 0. The zero-order valence-electron chi connectivity index (χ0n) is 16.0. The predicted octanol–water partition coefficient (Wildman–Crippen LogP) is 1.34. The maximum absolute atomic E-state index is 9.37. The van der Waals surface area contributed by atoms with E-state index in [2.05, 4.69) is 44.7 Å². The van der Waals surface area contributed by atoms with Crippen molar-refractivity contribution >= 4 is 16.6 Å². The molecule has 0 saturated carbocycles. The SMILES string of the molecule is CC1CN(c2ccc(C#N)c3ncncc23)CC(CN2CCN(C)CC2)O1. The lowest BCUT2D eigenvalue weighted by Crippen LogP contribution is -2.53. The molecular weight excluding hydrogens is 340 g/mol. The number of hydrogen-bond acceptors (Lipinski definition) is 7. The minimum atomic E-state index is 0.159. The second kappa shape index (κ2) is 7.77. The molecule has 2 aromatic rings. The average Bonchev–Trinajstić information content (AvgIpc) is 2.68. The number of nitriles is 1. The molecule has 2 unspecified atom stereocenters. The Kier molecular flexibility index (Phi) is 5.21. The zero-order chi connectivity index (χ0) is 18.8. The van der Waals surface area contributed by atoms with Gasteiger partial charge in [0.2, 0.25) is 0 Å². The zero-order valence-corrected chi connectivity index (χ0v) is 16.0. The normalized spacial score (nSPS) is 24.9. The lowest BCUT2D eigenvalue weighted by molar-refractivity contribution is -0.0369. The Labute approximate surface area is 160 Å². The van der Waals surface area contributed by atoms with E-state index in [1.54, 1.807) is 0 Å². The number of anilines is 1. The number of fused-ring (bicyclic) bond motifs is 1. The van der Waals surface area contributed by atoms with Gasteiger partial charge in [-0.15, -0.1) is 0 Å². The van der Waals surface area contributed by atoms with Crippen molar-refractivity contribution < 1.29 is 4.74 Å². The molecule has 0 spiro atoms. The molecule has 0 N–H and O–H groups in total. The molecular formula is C20H26N6O. The molecule has 0 bridgehead atoms. The van der Waals surface area contributed by atoms with Crippen LogP contribution in [0, 0.1) is 11.3 Å². The molecule has 0 radical (unpaired) electrons. The van der Waals surface area contributed by atoms with Gasteiger partial charge in [0.05, 0.1) is 23.3 Å². The topological polar surface area (TPSA) is 68.5 Å². The van der Waals surface area contributed by atoms with Gasteiger partial charge in [0.25, 0.3) is 0 Å². The van der Waals surface area contributed by atoms with E-state index >= 15 is 0 Å². The Morgan fingerprint density at radius 2 is 2.04 bits per heavy atom. The number of nitrogens with zero attached hydrogens (tertiary/aromatic N) is 6. The largest absolute Gasteiger partial charge is 0.370 e. The third-order valence-corrected chi connectivity index (χ3v) is 5.50. The highest BCUT2D eigenvalue weighted by Crippen LogP contribution is 2.29. The molecule has 2 fully saturated rings. The smallest absolute Gasteiger partial charge is 0.116 e.